The molecule has 0 aliphatic carbocycles. The normalized spacial score (nSPS) is 11.6. The molecule has 0 fully saturated rings. The Kier molecular flexibility index (Phi) is 4.21. The first-order chi connectivity index (χ1) is 7.11. The lowest BCUT2D eigenvalue weighted by molar-refractivity contribution is 0.0873. The summed E-state index contributed by atoms with van der Waals surface area (Å²) in [5.41, 5.74) is 0.168. The Bertz CT molecular complexity index is 337. The number of hydrogen-bond acceptors (Lipinski definition) is 2. The monoisotopic (exact) mass is 212 g/mol. The number of nitrogens with zero attached hydrogens (tertiary/aromatic N) is 1. The van der Waals surface area contributed by atoms with Crippen LogP contribution < -0.4 is 0 Å². The lowest BCUT2D eigenvalue weighted by atomic mass is 10.1. The van der Waals surface area contributed by atoms with E-state index in [0.29, 0.717) is 0 Å². The highest BCUT2D eigenvalue weighted by Gasteiger charge is 2.10. The Hall–Kier alpha value is -1.45. The highest BCUT2D eigenvalue weighted by atomic mass is 19.3. The second kappa shape index (κ2) is 5.44. The van der Waals surface area contributed by atoms with Crippen LogP contribution in [0.5, 0.6) is 0 Å². The molecule has 0 aliphatic rings. The van der Waals surface area contributed by atoms with Gasteiger partial charge in [0.15, 0.2) is 0 Å². The summed E-state index contributed by atoms with van der Waals surface area (Å²) in [7, 11) is 0. The zero-order valence-corrected chi connectivity index (χ0v) is 8.58. The molecule has 0 atom stereocenters. The van der Waals surface area contributed by atoms with Crippen LogP contribution in [0.3, 0.4) is 0 Å². The average Bonchev–Trinajstić information content (AvgIpc) is 2.17. The van der Waals surface area contributed by atoms with Crippen molar-refractivity contribution in [3.8, 4) is 0 Å². The summed E-state index contributed by atoms with van der Waals surface area (Å²) in [5.74, 6) is 0. The molecule has 0 heterocycles. The Morgan fingerprint density at radius 1 is 1.27 bits per heavy atom. The van der Waals surface area contributed by atoms with Crippen molar-refractivity contribution in [2.24, 2.45) is 5.16 Å². The molecular formula is C11H12F2NO. The highest BCUT2D eigenvalue weighted by molar-refractivity contribution is 5.81. The summed E-state index contributed by atoms with van der Waals surface area (Å²) in [6.07, 6.45) is -0.163. The molecule has 0 spiro atoms. The summed E-state index contributed by atoms with van der Waals surface area (Å²) in [5, 5.41) is 3.50. The maximum atomic E-state index is 12.5. The van der Waals surface area contributed by atoms with Crippen LogP contribution in [0.1, 0.15) is 31.4 Å². The van der Waals surface area contributed by atoms with Gasteiger partial charge in [-0.1, -0.05) is 29.4 Å². The van der Waals surface area contributed by atoms with E-state index in [-0.39, 0.29) is 17.2 Å². The van der Waals surface area contributed by atoms with E-state index in [9.17, 15) is 8.78 Å². The maximum absolute atomic E-state index is 12.5. The smallest absolute Gasteiger partial charge is 0.264 e. The molecule has 0 N–H and O–H groups in total. The lowest BCUT2D eigenvalue weighted by Gasteiger charge is -2.03. The van der Waals surface area contributed by atoms with Crippen molar-refractivity contribution in [2.45, 2.75) is 26.4 Å². The van der Waals surface area contributed by atoms with Crippen molar-refractivity contribution in [3.63, 3.8) is 0 Å². The molecule has 15 heavy (non-hydrogen) atoms. The van der Waals surface area contributed by atoms with Crippen molar-refractivity contribution in [1.82, 2.24) is 0 Å². The van der Waals surface area contributed by atoms with Gasteiger partial charge >= 0.3 is 0 Å². The fraction of sp³-hybridized carbons (Fsp3) is 0.364. The minimum Gasteiger partial charge on any atom is -0.393 e. The van der Waals surface area contributed by atoms with E-state index in [1.807, 2.05) is 0 Å². The minimum atomic E-state index is -2.53. The SMILES string of the molecule is CC(C)O/N=[C]/c1ccccc1C(F)F. The molecule has 2 nitrogen and oxygen atoms in total. The van der Waals surface area contributed by atoms with Gasteiger partial charge in [-0.2, -0.15) is 0 Å². The van der Waals surface area contributed by atoms with E-state index < -0.39 is 6.43 Å². The zero-order chi connectivity index (χ0) is 11.3. The molecule has 0 saturated heterocycles. The predicted molar refractivity (Wildman–Crippen MR) is 54.2 cm³/mol. The van der Waals surface area contributed by atoms with Gasteiger partial charge < -0.3 is 4.84 Å². The fourth-order valence-electron chi connectivity index (χ4n) is 0.970. The largest absolute Gasteiger partial charge is 0.393 e. The van der Waals surface area contributed by atoms with Crippen LogP contribution in [-0.2, 0) is 4.84 Å². The van der Waals surface area contributed by atoms with E-state index in [4.69, 9.17) is 4.84 Å². The van der Waals surface area contributed by atoms with Crippen molar-refractivity contribution in [3.05, 3.63) is 35.4 Å². The number of alkyl halides is 2. The third-order valence-corrected chi connectivity index (χ3v) is 1.63. The summed E-state index contributed by atoms with van der Waals surface area (Å²) in [6, 6.07) is 6.07. The van der Waals surface area contributed by atoms with Gasteiger partial charge in [-0.3, -0.25) is 0 Å². The number of benzene rings is 1. The van der Waals surface area contributed by atoms with E-state index in [1.165, 1.54) is 12.1 Å². The van der Waals surface area contributed by atoms with Gasteiger partial charge in [-0.05, 0) is 13.8 Å². The predicted octanol–water partition coefficient (Wildman–Crippen LogP) is 3.26. The lowest BCUT2D eigenvalue weighted by Crippen LogP contribution is -1.98. The van der Waals surface area contributed by atoms with Crippen LogP contribution in [-0.4, -0.2) is 12.3 Å². The molecule has 0 aliphatic heterocycles. The number of hydrogen-bond donors (Lipinski definition) is 0. The first-order valence-electron chi connectivity index (χ1n) is 4.60. The Balaban J connectivity index is 2.80. The Morgan fingerprint density at radius 2 is 1.93 bits per heavy atom. The molecule has 0 unspecified atom stereocenters. The third-order valence-electron chi connectivity index (χ3n) is 1.63. The van der Waals surface area contributed by atoms with Crippen LogP contribution in [0.2, 0.25) is 0 Å². The van der Waals surface area contributed by atoms with E-state index >= 15 is 0 Å². The van der Waals surface area contributed by atoms with Crippen LogP contribution in [0.15, 0.2) is 29.4 Å². The molecule has 1 aromatic rings. The van der Waals surface area contributed by atoms with Gasteiger partial charge in [0, 0.05) is 11.1 Å². The van der Waals surface area contributed by atoms with Gasteiger partial charge in [0.2, 0.25) is 0 Å². The molecule has 4 heteroatoms. The molecule has 81 valence electrons. The van der Waals surface area contributed by atoms with Gasteiger partial charge in [-0.25, -0.2) is 8.78 Å². The van der Waals surface area contributed by atoms with Crippen LogP contribution in [0.25, 0.3) is 0 Å². The summed E-state index contributed by atoms with van der Waals surface area (Å²) in [4.78, 5) is 4.85. The second-order valence-electron chi connectivity index (χ2n) is 3.25. The van der Waals surface area contributed by atoms with E-state index in [2.05, 4.69) is 11.4 Å². The first kappa shape index (κ1) is 11.6. The maximum Gasteiger partial charge on any atom is 0.264 e. The van der Waals surface area contributed by atoms with Crippen molar-refractivity contribution >= 4 is 6.21 Å². The minimum absolute atomic E-state index is 0.0868. The molecule has 0 amide bonds. The second-order valence-corrected chi connectivity index (χ2v) is 3.25. The Morgan fingerprint density at radius 3 is 2.53 bits per heavy atom. The molecule has 0 bridgehead atoms. The summed E-state index contributed by atoms with van der Waals surface area (Å²) >= 11 is 0. The summed E-state index contributed by atoms with van der Waals surface area (Å²) < 4.78 is 25.0. The third kappa shape index (κ3) is 3.65. The molecule has 0 saturated carbocycles. The van der Waals surface area contributed by atoms with Gasteiger partial charge in [0.25, 0.3) is 6.43 Å². The average molecular weight is 212 g/mol. The Labute approximate surface area is 87.6 Å². The van der Waals surface area contributed by atoms with Gasteiger partial charge in [-0.15, -0.1) is 0 Å². The van der Waals surface area contributed by atoms with E-state index in [0.717, 1.165) is 0 Å². The quantitative estimate of drug-likeness (QED) is 0.554. The molecule has 1 rings (SSSR count). The molecular weight excluding hydrogens is 200 g/mol. The van der Waals surface area contributed by atoms with Crippen LogP contribution in [0.4, 0.5) is 8.78 Å². The highest BCUT2D eigenvalue weighted by Crippen LogP contribution is 2.21. The summed E-state index contributed by atoms with van der Waals surface area (Å²) in [6.45, 7) is 3.59. The fourth-order valence-corrected chi connectivity index (χ4v) is 0.970. The number of halogens is 2. The first-order valence-corrected chi connectivity index (χ1v) is 4.60. The van der Waals surface area contributed by atoms with Gasteiger partial charge in [0.05, 0.1) is 0 Å². The van der Waals surface area contributed by atoms with Gasteiger partial charge in [0.1, 0.15) is 12.3 Å². The van der Waals surface area contributed by atoms with E-state index in [1.54, 1.807) is 26.0 Å². The van der Waals surface area contributed by atoms with Crippen molar-refractivity contribution in [1.29, 1.82) is 0 Å². The van der Waals surface area contributed by atoms with Crippen molar-refractivity contribution < 1.29 is 13.6 Å². The van der Waals surface area contributed by atoms with Crippen LogP contribution in [0, 0.1) is 0 Å². The topological polar surface area (TPSA) is 21.6 Å². The number of rotatable bonds is 4. The zero-order valence-electron chi connectivity index (χ0n) is 8.58. The van der Waals surface area contributed by atoms with Crippen molar-refractivity contribution in [2.75, 3.05) is 0 Å². The van der Waals surface area contributed by atoms with Crippen LogP contribution >= 0.6 is 0 Å². The standard InChI is InChI=1S/C11H12F2NO/c1-8(2)15-14-7-9-5-3-4-6-10(9)11(12)13/h3-6,8,11H,1-2H3. The molecule has 1 radical (unpaired) electrons. The molecule has 1 aromatic carbocycles. The molecule has 0 aromatic heterocycles.